The van der Waals surface area contributed by atoms with Crippen LogP contribution in [0.5, 0.6) is 0 Å². The van der Waals surface area contributed by atoms with Gasteiger partial charge in [-0.25, -0.2) is 0 Å². The summed E-state index contributed by atoms with van der Waals surface area (Å²) >= 11 is 0. The van der Waals surface area contributed by atoms with Crippen molar-refractivity contribution in [3.8, 4) is 0 Å². The summed E-state index contributed by atoms with van der Waals surface area (Å²) in [6.07, 6.45) is 2.51. The van der Waals surface area contributed by atoms with E-state index in [0.29, 0.717) is 0 Å². The van der Waals surface area contributed by atoms with Gasteiger partial charge in [-0.05, 0) is 47.0 Å². The fourth-order valence-electron chi connectivity index (χ4n) is 3.03. The van der Waals surface area contributed by atoms with Crippen LogP contribution in [-0.4, -0.2) is 29.7 Å². The van der Waals surface area contributed by atoms with Crippen LogP contribution in [0.1, 0.15) is 47.0 Å². The van der Waals surface area contributed by atoms with Gasteiger partial charge in [0, 0.05) is 6.61 Å². The first kappa shape index (κ1) is 12.1. The monoisotopic (exact) mass is 226 g/mol. The second-order valence-electron chi connectivity index (χ2n) is 6.13. The van der Waals surface area contributed by atoms with Crippen LogP contribution in [0.25, 0.3) is 0 Å². The van der Waals surface area contributed by atoms with Crippen LogP contribution in [0, 0.1) is 5.92 Å². The molecule has 0 spiro atoms. The molecule has 3 heteroatoms. The summed E-state index contributed by atoms with van der Waals surface area (Å²) in [5, 5.41) is 0. The van der Waals surface area contributed by atoms with Gasteiger partial charge in [0.25, 0.3) is 0 Å². The molecule has 2 atom stereocenters. The molecule has 2 aliphatic rings. The Morgan fingerprint density at radius 2 is 1.94 bits per heavy atom. The Balaban J connectivity index is 2.11. The highest BCUT2D eigenvalue weighted by molar-refractivity contribution is 5.87. The molecule has 3 nitrogen and oxygen atoms in total. The molecule has 0 N–H and O–H groups in total. The van der Waals surface area contributed by atoms with Crippen LogP contribution >= 0.6 is 0 Å². The number of hydrogen-bond acceptors (Lipinski definition) is 3. The molecule has 2 unspecified atom stereocenters. The molecular formula is C13H22O3. The molecule has 0 aromatic carbocycles. The van der Waals surface area contributed by atoms with Crippen LogP contribution in [0.3, 0.4) is 0 Å². The van der Waals surface area contributed by atoms with Gasteiger partial charge in [-0.3, -0.25) is 4.79 Å². The van der Waals surface area contributed by atoms with Gasteiger partial charge in [-0.1, -0.05) is 0 Å². The highest BCUT2D eigenvalue weighted by Crippen LogP contribution is 2.43. The average molecular weight is 226 g/mol. The fourth-order valence-corrected chi connectivity index (χ4v) is 3.03. The second-order valence-corrected chi connectivity index (χ2v) is 6.13. The van der Waals surface area contributed by atoms with Gasteiger partial charge < -0.3 is 9.47 Å². The first-order valence-electron chi connectivity index (χ1n) is 6.17. The molecular weight excluding hydrogens is 204 g/mol. The molecule has 0 radical (unpaired) electrons. The number of carbonyl (C=O) groups excluding carboxylic acids is 1. The zero-order chi connectivity index (χ0) is 12.0. The van der Waals surface area contributed by atoms with E-state index in [0.717, 1.165) is 25.9 Å². The van der Waals surface area contributed by atoms with Gasteiger partial charge in [-0.2, -0.15) is 0 Å². The predicted molar refractivity (Wildman–Crippen MR) is 61.3 cm³/mol. The predicted octanol–water partition coefficient (Wildman–Crippen LogP) is 2.33. The molecule has 2 heterocycles. The van der Waals surface area contributed by atoms with Gasteiger partial charge >= 0.3 is 0 Å². The minimum absolute atomic E-state index is 0.0226. The van der Waals surface area contributed by atoms with E-state index >= 15 is 0 Å². The molecule has 92 valence electrons. The zero-order valence-electron chi connectivity index (χ0n) is 10.7. The minimum atomic E-state index is -0.355. The molecule has 2 rings (SSSR count). The van der Waals surface area contributed by atoms with E-state index in [1.807, 2.05) is 13.8 Å². The highest BCUT2D eigenvalue weighted by Gasteiger charge is 2.50. The normalized spacial score (nSPS) is 36.5. The number of hydrogen-bond donors (Lipinski definition) is 0. The minimum Gasteiger partial charge on any atom is -0.370 e. The Labute approximate surface area is 97.5 Å². The van der Waals surface area contributed by atoms with E-state index < -0.39 is 0 Å². The first-order valence-corrected chi connectivity index (χ1v) is 6.17. The van der Waals surface area contributed by atoms with Crippen LogP contribution < -0.4 is 0 Å². The maximum atomic E-state index is 12.3. The third-order valence-corrected chi connectivity index (χ3v) is 3.66. The van der Waals surface area contributed by atoms with Crippen molar-refractivity contribution >= 4 is 5.78 Å². The Morgan fingerprint density at radius 1 is 1.25 bits per heavy atom. The molecule has 0 aliphatic carbocycles. The highest BCUT2D eigenvalue weighted by atomic mass is 16.5. The van der Waals surface area contributed by atoms with Crippen molar-refractivity contribution in [3.05, 3.63) is 0 Å². The first-order chi connectivity index (χ1) is 7.32. The smallest absolute Gasteiger partial charge is 0.167 e. The molecule has 0 bridgehead atoms. The van der Waals surface area contributed by atoms with Crippen molar-refractivity contribution in [2.75, 3.05) is 6.61 Å². The van der Waals surface area contributed by atoms with Gasteiger partial charge in [0.05, 0.1) is 17.1 Å². The molecule has 0 saturated carbocycles. The van der Waals surface area contributed by atoms with Gasteiger partial charge in [0.2, 0.25) is 0 Å². The number of rotatable bonds is 2. The van der Waals surface area contributed by atoms with Gasteiger partial charge in [0.15, 0.2) is 5.78 Å². The standard InChI is InChI=1S/C13H22O3/c1-12(2)8-9(13(3,4)16-12)11(14)10-6-5-7-15-10/h9-10H,5-8H2,1-4H3. The summed E-state index contributed by atoms with van der Waals surface area (Å²) in [4.78, 5) is 12.3. The Bertz CT molecular complexity index is 288. The van der Waals surface area contributed by atoms with E-state index in [9.17, 15) is 4.79 Å². The van der Waals surface area contributed by atoms with E-state index in [2.05, 4.69) is 13.8 Å². The number of ketones is 1. The van der Waals surface area contributed by atoms with E-state index in [-0.39, 0.29) is 29.0 Å². The van der Waals surface area contributed by atoms with Crippen molar-refractivity contribution in [2.24, 2.45) is 5.92 Å². The molecule has 2 saturated heterocycles. The molecule has 0 aromatic heterocycles. The Morgan fingerprint density at radius 3 is 2.38 bits per heavy atom. The lowest BCUT2D eigenvalue weighted by molar-refractivity contribution is -0.138. The van der Waals surface area contributed by atoms with Crippen molar-refractivity contribution in [2.45, 2.75) is 64.3 Å². The van der Waals surface area contributed by atoms with E-state index in [1.165, 1.54) is 0 Å². The topological polar surface area (TPSA) is 35.5 Å². The third kappa shape index (κ3) is 2.16. The lowest BCUT2D eigenvalue weighted by Gasteiger charge is -2.27. The van der Waals surface area contributed by atoms with Crippen LogP contribution in [0.2, 0.25) is 0 Å². The summed E-state index contributed by atoms with van der Waals surface area (Å²) in [6.45, 7) is 8.86. The van der Waals surface area contributed by atoms with Crippen LogP contribution in [-0.2, 0) is 14.3 Å². The molecule has 2 fully saturated rings. The van der Waals surface area contributed by atoms with Crippen LogP contribution in [0.4, 0.5) is 0 Å². The number of ether oxygens (including phenoxy) is 2. The number of carbonyl (C=O) groups is 1. The van der Waals surface area contributed by atoms with Crippen molar-refractivity contribution < 1.29 is 14.3 Å². The fraction of sp³-hybridized carbons (Fsp3) is 0.923. The van der Waals surface area contributed by atoms with Gasteiger partial charge in [0.1, 0.15) is 6.10 Å². The average Bonchev–Trinajstić information content (AvgIpc) is 2.69. The quantitative estimate of drug-likeness (QED) is 0.725. The van der Waals surface area contributed by atoms with E-state index in [4.69, 9.17) is 9.47 Å². The largest absolute Gasteiger partial charge is 0.370 e. The van der Waals surface area contributed by atoms with Crippen molar-refractivity contribution in [1.82, 2.24) is 0 Å². The SMILES string of the molecule is CC1(C)CC(C(=O)C2CCCO2)C(C)(C)O1. The molecule has 0 aromatic rings. The molecule has 2 aliphatic heterocycles. The van der Waals surface area contributed by atoms with Crippen molar-refractivity contribution in [3.63, 3.8) is 0 Å². The summed E-state index contributed by atoms with van der Waals surface area (Å²) in [5.41, 5.74) is -0.547. The number of Topliss-reactive ketones (excluding diaryl/α,β-unsaturated/α-hetero) is 1. The third-order valence-electron chi connectivity index (χ3n) is 3.66. The summed E-state index contributed by atoms with van der Waals surface area (Å²) in [7, 11) is 0. The Hall–Kier alpha value is -0.410. The van der Waals surface area contributed by atoms with E-state index in [1.54, 1.807) is 0 Å². The lowest BCUT2D eigenvalue weighted by atomic mass is 9.82. The maximum absolute atomic E-state index is 12.3. The molecule has 16 heavy (non-hydrogen) atoms. The van der Waals surface area contributed by atoms with Crippen molar-refractivity contribution in [1.29, 1.82) is 0 Å². The lowest BCUT2D eigenvalue weighted by Crippen LogP contribution is -2.38. The van der Waals surface area contributed by atoms with Gasteiger partial charge in [-0.15, -0.1) is 0 Å². The van der Waals surface area contributed by atoms with Crippen LogP contribution in [0.15, 0.2) is 0 Å². The summed E-state index contributed by atoms with van der Waals surface area (Å²) < 4.78 is 11.4. The summed E-state index contributed by atoms with van der Waals surface area (Å²) in [5.74, 6) is 0.221. The summed E-state index contributed by atoms with van der Waals surface area (Å²) in [6, 6.07) is 0. The Kier molecular flexibility index (Phi) is 2.87. The zero-order valence-corrected chi connectivity index (χ0v) is 10.7. The maximum Gasteiger partial charge on any atom is 0.167 e. The second kappa shape index (κ2) is 3.81. The molecule has 0 amide bonds.